The monoisotopic (exact) mass is 330 g/mol. The molecule has 2 rings (SSSR count). The summed E-state index contributed by atoms with van der Waals surface area (Å²) in [6.07, 6.45) is 0.773. The normalized spacial score (nSPS) is 10.7. The molecule has 23 heavy (non-hydrogen) atoms. The van der Waals surface area contributed by atoms with Gasteiger partial charge in [-0.05, 0) is 48.1 Å². The number of anilines is 1. The molecular formula is C19H23ClN2O. The van der Waals surface area contributed by atoms with Crippen LogP contribution in [-0.2, 0) is 6.42 Å². The van der Waals surface area contributed by atoms with Crippen LogP contribution in [0.1, 0.15) is 36.5 Å². The van der Waals surface area contributed by atoms with E-state index in [1.165, 1.54) is 0 Å². The zero-order chi connectivity index (χ0) is 16.8. The van der Waals surface area contributed by atoms with Crippen LogP contribution in [0.25, 0.3) is 0 Å². The van der Waals surface area contributed by atoms with Crippen LogP contribution in [0.15, 0.2) is 42.5 Å². The highest BCUT2D eigenvalue weighted by Gasteiger charge is 2.11. The van der Waals surface area contributed by atoms with Gasteiger partial charge >= 0.3 is 6.03 Å². The molecular weight excluding hydrogens is 308 g/mol. The zero-order valence-electron chi connectivity index (χ0n) is 13.8. The van der Waals surface area contributed by atoms with Crippen molar-refractivity contribution in [3.63, 3.8) is 0 Å². The summed E-state index contributed by atoms with van der Waals surface area (Å²) in [4.78, 5) is 12.1. The summed E-state index contributed by atoms with van der Waals surface area (Å²) >= 11 is 5.86. The van der Waals surface area contributed by atoms with E-state index >= 15 is 0 Å². The van der Waals surface area contributed by atoms with Crippen LogP contribution < -0.4 is 10.6 Å². The van der Waals surface area contributed by atoms with E-state index in [0.29, 0.717) is 12.5 Å². The number of amides is 2. The van der Waals surface area contributed by atoms with Crippen molar-refractivity contribution in [2.24, 2.45) is 0 Å². The van der Waals surface area contributed by atoms with Crippen molar-refractivity contribution in [1.82, 2.24) is 5.32 Å². The van der Waals surface area contributed by atoms with Crippen LogP contribution in [0, 0.1) is 6.92 Å². The first kappa shape index (κ1) is 17.4. The molecule has 0 aliphatic rings. The molecule has 2 aromatic carbocycles. The standard InChI is InChI=1S/C19H23ClN2O/c1-13(2)17-6-4-5-14(3)18(17)22-19(23)21-12-11-15-7-9-16(20)10-8-15/h4-10,13H,11-12H2,1-3H3,(H2,21,22,23). The van der Waals surface area contributed by atoms with Gasteiger partial charge in [-0.2, -0.15) is 0 Å². The first-order chi connectivity index (χ1) is 11.0. The molecule has 0 bridgehead atoms. The average molecular weight is 331 g/mol. The van der Waals surface area contributed by atoms with Crippen molar-refractivity contribution in [2.45, 2.75) is 33.1 Å². The van der Waals surface area contributed by atoms with Gasteiger partial charge in [0.25, 0.3) is 0 Å². The number of urea groups is 1. The number of nitrogens with one attached hydrogen (secondary N) is 2. The first-order valence-electron chi connectivity index (χ1n) is 7.86. The van der Waals surface area contributed by atoms with Crippen LogP contribution in [0.3, 0.4) is 0 Å². The fourth-order valence-electron chi connectivity index (χ4n) is 2.47. The van der Waals surface area contributed by atoms with Crippen molar-refractivity contribution in [3.05, 3.63) is 64.2 Å². The highest BCUT2D eigenvalue weighted by molar-refractivity contribution is 6.30. The Hall–Kier alpha value is -2.00. The largest absolute Gasteiger partial charge is 0.338 e. The topological polar surface area (TPSA) is 41.1 Å². The van der Waals surface area contributed by atoms with Gasteiger partial charge in [-0.15, -0.1) is 0 Å². The minimum absolute atomic E-state index is 0.171. The summed E-state index contributed by atoms with van der Waals surface area (Å²) in [5.41, 5.74) is 4.28. The summed E-state index contributed by atoms with van der Waals surface area (Å²) in [5, 5.41) is 6.61. The predicted molar refractivity (Wildman–Crippen MR) is 97.4 cm³/mol. The van der Waals surface area contributed by atoms with Gasteiger partial charge in [-0.25, -0.2) is 4.79 Å². The third-order valence-electron chi connectivity index (χ3n) is 3.78. The Balaban J connectivity index is 1.91. The second-order valence-corrected chi connectivity index (χ2v) is 6.39. The molecule has 0 radical (unpaired) electrons. The number of rotatable bonds is 5. The van der Waals surface area contributed by atoms with Gasteiger partial charge in [0, 0.05) is 17.3 Å². The van der Waals surface area contributed by atoms with E-state index < -0.39 is 0 Å². The van der Waals surface area contributed by atoms with Crippen molar-refractivity contribution in [3.8, 4) is 0 Å². The molecule has 2 amide bonds. The number of aryl methyl sites for hydroxylation is 1. The Morgan fingerprint density at radius 3 is 2.48 bits per heavy atom. The molecule has 0 atom stereocenters. The molecule has 0 unspecified atom stereocenters. The molecule has 0 saturated carbocycles. The molecule has 0 spiro atoms. The van der Waals surface area contributed by atoms with Crippen molar-refractivity contribution in [2.75, 3.05) is 11.9 Å². The lowest BCUT2D eigenvalue weighted by atomic mass is 9.98. The Kier molecular flexibility index (Phi) is 6.05. The average Bonchev–Trinajstić information content (AvgIpc) is 2.51. The second-order valence-electron chi connectivity index (χ2n) is 5.95. The first-order valence-corrected chi connectivity index (χ1v) is 8.24. The summed E-state index contributed by atoms with van der Waals surface area (Å²) in [6, 6.07) is 13.6. The van der Waals surface area contributed by atoms with Gasteiger partial charge in [0.15, 0.2) is 0 Å². The van der Waals surface area contributed by atoms with Gasteiger partial charge in [0.05, 0.1) is 0 Å². The number of halogens is 1. The highest BCUT2D eigenvalue weighted by Crippen LogP contribution is 2.27. The fraction of sp³-hybridized carbons (Fsp3) is 0.316. The highest BCUT2D eigenvalue weighted by atomic mass is 35.5. The van der Waals surface area contributed by atoms with E-state index in [1.54, 1.807) is 0 Å². The third kappa shape index (κ3) is 5.00. The molecule has 2 aromatic rings. The zero-order valence-corrected chi connectivity index (χ0v) is 14.6. The molecule has 0 heterocycles. The maximum atomic E-state index is 12.1. The van der Waals surface area contributed by atoms with E-state index in [2.05, 4.69) is 30.5 Å². The number of benzene rings is 2. The number of carbonyl (C=O) groups is 1. The summed E-state index contributed by atoms with van der Waals surface area (Å²) in [7, 11) is 0. The SMILES string of the molecule is Cc1cccc(C(C)C)c1NC(=O)NCCc1ccc(Cl)cc1. The summed E-state index contributed by atoms with van der Waals surface area (Å²) in [5.74, 6) is 0.360. The third-order valence-corrected chi connectivity index (χ3v) is 4.03. The molecule has 0 aliphatic heterocycles. The minimum atomic E-state index is -0.171. The van der Waals surface area contributed by atoms with Crippen LogP contribution in [0.5, 0.6) is 0 Å². The van der Waals surface area contributed by atoms with Crippen LogP contribution in [-0.4, -0.2) is 12.6 Å². The van der Waals surface area contributed by atoms with Gasteiger partial charge in [-0.3, -0.25) is 0 Å². The summed E-state index contributed by atoms with van der Waals surface area (Å²) in [6.45, 7) is 6.84. The molecule has 0 aromatic heterocycles. The van der Waals surface area contributed by atoms with Crippen LogP contribution >= 0.6 is 11.6 Å². The molecule has 0 fully saturated rings. The maximum Gasteiger partial charge on any atom is 0.319 e. The number of para-hydroxylation sites is 1. The second kappa shape index (κ2) is 8.02. The van der Waals surface area contributed by atoms with Crippen molar-refractivity contribution in [1.29, 1.82) is 0 Å². The molecule has 0 saturated heterocycles. The fourth-order valence-corrected chi connectivity index (χ4v) is 2.60. The van der Waals surface area contributed by atoms with Gasteiger partial charge in [-0.1, -0.05) is 55.8 Å². The molecule has 2 N–H and O–H groups in total. The lowest BCUT2D eigenvalue weighted by molar-refractivity contribution is 0.252. The van der Waals surface area contributed by atoms with E-state index in [1.807, 2.05) is 43.3 Å². The van der Waals surface area contributed by atoms with E-state index in [4.69, 9.17) is 11.6 Å². The molecule has 122 valence electrons. The quantitative estimate of drug-likeness (QED) is 0.783. The Morgan fingerprint density at radius 2 is 1.83 bits per heavy atom. The predicted octanol–water partition coefficient (Wildman–Crippen LogP) is 5.14. The Labute approximate surface area is 143 Å². The number of hydrogen-bond donors (Lipinski definition) is 2. The van der Waals surface area contributed by atoms with Crippen molar-refractivity contribution >= 4 is 23.3 Å². The molecule has 0 aliphatic carbocycles. The van der Waals surface area contributed by atoms with E-state index in [9.17, 15) is 4.79 Å². The lowest BCUT2D eigenvalue weighted by Gasteiger charge is -2.16. The van der Waals surface area contributed by atoms with E-state index in [0.717, 1.165) is 33.8 Å². The minimum Gasteiger partial charge on any atom is -0.338 e. The summed E-state index contributed by atoms with van der Waals surface area (Å²) < 4.78 is 0. The van der Waals surface area contributed by atoms with Crippen LogP contribution in [0.4, 0.5) is 10.5 Å². The van der Waals surface area contributed by atoms with Gasteiger partial charge < -0.3 is 10.6 Å². The molecule has 4 heteroatoms. The Bertz CT molecular complexity index is 666. The van der Waals surface area contributed by atoms with E-state index in [-0.39, 0.29) is 6.03 Å². The lowest BCUT2D eigenvalue weighted by Crippen LogP contribution is -2.31. The Morgan fingerprint density at radius 1 is 1.13 bits per heavy atom. The maximum absolute atomic E-state index is 12.1. The smallest absolute Gasteiger partial charge is 0.319 e. The molecule has 3 nitrogen and oxygen atoms in total. The van der Waals surface area contributed by atoms with Crippen LogP contribution in [0.2, 0.25) is 5.02 Å². The number of hydrogen-bond acceptors (Lipinski definition) is 1. The van der Waals surface area contributed by atoms with Crippen molar-refractivity contribution < 1.29 is 4.79 Å². The van der Waals surface area contributed by atoms with Gasteiger partial charge in [0.2, 0.25) is 0 Å². The number of carbonyl (C=O) groups excluding carboxylic acids is 1. The van der Waals surface area contributed by atoms with Gasteiger partial charge in [0.1, 0.15) is 0 Å².